The van der Waals surface area contributed by atoms with Crippen LogP contribution >= 0.6 is 0 Å². The van der Waals surface area contributed by atoms with Crippen LogP contribution in [0.1, 0.15) is 34.5 Å². The van der Waals surface area contributed by atoms with Gasteiger partial charge in [-0.25, -0.2) is 0 Å². The maximum Gasteiger partial charge on any atom is 0.267 e. The number of carbonyl (C=O) groups excluding carboxylic acids is 1. The van der Waals surface area contributed by atoms with Crippen molar-refractivity contribution >= 4 is 16.8 Å². The van der Waals surface area contributed by atoms with Gasteiger partial charge in [-0.3, -0.25) is 4.79 Å². The zero-order valence-electron chi connectivity index (χ0n) is 16.0. The van der Waals surface area contributed by atoms with Crippen molar-refractivity contribution < 1.29 is 4.79 Å². The SMILES string of the molecule is Cc1cc(C#N)ccc1-c1ccc2[nH]c(C(=O)NCC3CCNCC3)cc2c1. The minimum Gasteiger partial charge on any atom is -0.351 e. The van der Waals surface area contributed by atoms with Crippen LogP contribution in [0.5, 0.6) is 0 Å². The third kappa shape index (κ3) is 3.78. The number of fused-ring (bicyclic) bond motifs is 1. The Hall–Kier alpha value is -3.10. The van der Waals surface area contributed by atoms with E-state index in [1.165, 1.54) is 0 Å². The molecule has 1 aromatic heterocycles. The van der Waals surface area contributed by atoms with E-state index in [0.29, 0.717) is 17.2 Å². The van der Waals surface area contributed by atoms with E-state index in [2.05, 4.69) is 27.8 Å². The summed E-state index contributed by atoms with van der Waals surface area (Å²) in [6.45, 7) is 4.80. The minimum absolute atomic E-state index is 0.0502. The highest BCUT2D eigenvalue weighted by molar-refractivity contribution is 5.99. The molecular formula is C23H24N4O. The summed E-state index contributed by atoms with van der Waals surface area (Å²) in [5.41, 5.74) is 5.44. The number of carbonyl (C=O) groups is 1. The number of piperidine rings is 1. The first-order valence-electron chi connectivity index (χ1n) is 9.77. The Morgan fingerprint density at radius 2 is 2.00 bits per heavy atom. The minimum atomic E-state index is -0.0502. The van der Waals surface area contributed by atoms with Crippen LogP contribution in [0.15, 0.2) is 42.5 Å². The van der Waals surface area contributed by atoms with Crippen LogP contribution in [0.25, 0.3) is 22.0 Å². The number of aromatic nitrogens is 1. The average Bonchev–Trinajstić information content (AvgIpc) is 3.16. The second kappa shape index (κ2) is 7.87. The third-order valence-corrected chi connectivity index (χ3v) is 5.54. The molecule has 3 N–H and O–H groups in total. The van der Waals surface area contributed by atoms with E-state index in [9.17, 15) is 4.79 Å². The molecule has 2 heterocycles. The highest BCUT2D eigenvalue weighted by Gasteiger charge is 2.16. The summed E-state index contributed by atoms with van der Waals surface area (Å²) >= 11 is 0. The van der Waals surface area contributed by atoms with Crippen molar-refractivity contribution in [2.24, 2.45) is 5.92 Å². The summed E-state index contributed by atoms with van der Waals surface area (Å²) < 4.78 is 0. The van der Waals surface area contributed by atoms with E-state index in [4.69, 9.17) is 5.26 Å². The molecule has 4 rings (SSSR count). The first kappa shape index (κ1) is 18.3. The maximum absolute atomic E-state index is 12.5. The first-order chi connectivity index (χ1) is 13.6. The Morgan fingerprint density at radius 3 is 2.75 bits per heavy atom. The second-order valence-corrected chi connectivity index (χ2v) is 7.53. The number of nitrogens with one attached hydrogen (secondary N) is 3. The second-order valence-electron chi connectivity index (χ2n) is 7.53. The Kier molecular flexibility index (Phi) is 5.14. The van der Waals surface area contributed by atoms with Gasteiger partial charge in [0.15, 0.2) is 0 Å². The van der Waals surface area contributed by atoms with Gasteiger partial charge in [-0.1, -0.05) is 12.1 Å². The van der Waals surface area contributed by atoms with Crippen LogP contribution < -0.4 is 10.6 Å². The molecule has 0 spiro atoms. The number of amides is 1. The number of rotatable bonds is 4. The van der Waals surface area contributed by atoms with Crippen LogP contribution in [0, 0.1) is 24.2 Å². The third-order valence-electron chi connectivity index (χ3n) is 5.54. The molecule has 1 fully saturated rings. The number of nitrogens with zero attached hydrogens (tertiary/aromatic N) is 1. The number of H-pyrrole nitrogens is 1. The molecule has 1 saturated heterocycles. The van der Waals surface area contributed by atoms with Gasteiger partial charge in [0.2, 0.25) is 0 Å². The number of hydrogen-bond donors (Lipinski definition) is 3. The van der Waals surface area contributed by atoms with E-state index in [0.717, 1.165) is 60.1 Å². The van der Waals surface area contributed by atoms with Crippen LogP contribution in [-0.2, 0) is 0 Å². The van der Waals surface area contributed by atoms with Gasteiger partial charge in [0.25, 0.3) is 5.91 Å². The number of aryl methyl sites for hydroxylation is 1. The molecule has 0 unspecified atom stereocenters. The molecule has 1 amide bonds. The van der Waals surface area contributed by atoms with Gasteiger partial charge in [0.1, 0.15) is 5.69 Å². The van der Waals surface area contributed by atoms with Crippen molar-refractivity contribution in [1.29, 1.82) is 5.26 Å². The molecule has 28 heavy (non-hydrogen) atoms. The summed E-state index contributed by atoms with van der Waals surface area (Å²) in [6, 6.07) is 15.9. The highest BCUT2D eigenvalue weighted by Crippen LogP contribution is 2.28. The van der Waals surface area contributed by atoms with Crippen molar-refractivity contribution in [3.05, 3.63) is 59.3 Å². The summed E-state index contributed by atoms with van der Waals surface area (Å²) in [5.74, 6) is 0.506. The number of hydrogen-bond acceptors (Lipinski definition) is 3. The van der Waals surface area contributed by atoms with Crippen LogP contribution in [-0.4, -0.2) is 30.5 Å². The molecule has 1 aliphatic rings. The Morgan fingerprint density at radius 1 is 1.18 bits per heavy atom. The van der Waals surface area contributed by atoms with Gasteiger partial charge >= 0.3 is 0 Å². The molecule has 3 aromatic rings. The first-order valence-corrected chi connectivity index (χ1v) is 9.77. The Labute approximate surface area is 164 Å². The molecule has 5 heteroatoms. The lowest BCUT2D eigenvalue weighted by molar-refractivity contribution is 0.0940. The summed E-state index contributed by atoms with van der Waals surface area (Å²) in [6.07, 6.45) is 2.22. The maximum atomic E-state index is 12.5. The monoisotopic (exact) mass is 372 g/mol. The summed E-state index contributed by atoms with van der Waals surface area (Å²) in [7, 11) is 0. The highest BCUT2D eigenvalue weighted by atomic mass is 16.1. The zero-order valence-corrected chi connectivity index (χ0v) is 16.0. The number of aromatic amines is 1. The van der Waals surface area contributed by atoms with Crippen molar-refractivity contribution in [1.82, 2.24) is 15.6 Å². The molecule has 0 bridgehead atoms. The van der Waals surface area contributed by atoms with E-state index in [-0.39, 0.29) is 5.91 Å². The van der Waals surface area contributed by atoms with Gasteiger partial charge in [-0.15, -0.1) is 0 Å². The topological polar surface area (TPSA) is 80.7 Å². The van der Waals surface area contributed by atoms with Crippen molar-refractivity contribution in [2.45, 2.75) is 19.8 Å². The van der Waals surface area contributed by atoms with E-state index < -0.39 is 0 Å². The lowest BCUT2D eigenvalue weighted by Gasteiger charge is -2.22. The molecular weight excluding hydrogens is 348 g/mol. The summed E-state index contributed by atoms with van der Waals surface area (Å²) in [5, 5.41) is 16.5. The van der Waals surface area contributed by atoms with Gasteiger partial charge in [0, 0.05) is 17.4 Å². The van der Waals surface area contributed by atoms with Gasteiger partial charge in [-0.2, -0.15) is 5.26 Å². The molecule has 0 saturated carbocycles. The Balaban J connectivity index is 1.53. The molecule has 2 aromatic carbocycles. The van der Waals surface area contributed by atoms with Crippen molar-refractivity contribution in [2.75, 3.05) is 19.6 Å². The largest absolute Gasteiger partial charge is 0.351 e. The quantitative estimate of drug-likeness (QED) is 0.652. The van der Waals surface area contributed by atoms with Gasteiger partial charge < -0.3 is 15.6 Å². The lowest BCUT2D eigenvalue weighted by atomic mass is 9.98. The molecule has 0 radical (unpaired) electrons. The fourth-order valence-electron chi connectivity index (χ4n) is 3.90. The molecule has 5 nitrogen and oxygen atoms in total. The predicted octanol–water partition coefficient (Wildman–Crippen LogP) is 3.74. The van der Waals surface area contributed by atoms with Gasteiger partial charge in [0.05, 0.1) is 11.6 Å². The fraction of sp³-hybridized carbons (Fsp3) is 0.304. The molecule has 1 aliphatic heterocycles. The standard InChI is InChI=1S/C23H24N4O/c1-15-10-17(13-24)2-4-20(15)18-3-5-21-19(11-18)12-22(27-21)23(28)26-14-16-6-8-25-9-7-16/h2-5,10-12,16,25,27H,6-9,14H2,1H3,(H,26,28). The van der Waals surface area contributed by atoms with Crippen LogP contribution in [0.3, 0.4) is 0 Å². The fourth-order valence-corrected chi connectivity index (χ4v) is 3.90. The summed E-state index contributed by atoms with van der Waals surface area (Å²) in [4.78, 5) is 15.8. The van der Waals surface area contributed by atoms with E-state index >= 15 is 0 Å². The van der Waals surface area contributed by atoms with Crippen molar-refractivity contribution in [3.8, 4) is 17.2 Å². The van der Waals surface area contributed by atoms with Crippen LogP contribution in [0.4, 0.5) is 0 Å². The zero-order chi connectivity index (χ0) is 19.5. The molecule has 0 atom stereocenters. The van der Waals surface area contributed by atoms with Crippen molar-refractivity contribution in [3.63, 3.8) is 0 Å². The number of benzene rings is 2. The number of nitriles is 1. The van der Waals surface area contributed by atoms with E-state index in [1.807, 2.05) is 43.3 Å². The molecule has 0 aliphatic carbocycles. The average molecular weight is 372 g/mol. The molecule has 142 valence electrons. The van der Waals surface area contributed by atoms with Gasteiger partial charge in [-0.05, 0) is 85.8 Å². The normalized spacial score (nSPS) is 14.7. The van der Waals surface area contributed by atoms with Crippen LogP contribution in [0.2, 0.25) is 0 Å². The van der Waals surface area contributed by atoms with E-state index in [1.54, 1.807) is 0 Å². The Bertz CT molecular complexity index is 1050. The predicted molar refractivity (Wildman–Crippen MR) is 111 cm³/mol. The smallest absolute Gasteiger partial charge is 0.267 e. The lowest BCUT2D eigenvalue weighted by Crippen LogP contribution is -2.36.